The molecule has 8 nitrogen and oxygen atoms in total. The lowest BCUT2D eigenvalue weighted by atomic mass is 9.98. The monoisotopic (exact) mass is 412 g/mol. The second-order valence-corrected chi connectivity index (χ2v) is 8.38. The number of anilines is 1. The minimum atomic E-state index is -1.28. The van der Waals surface area contributed by atoms with Gasteiger partial charge in [0.1, 0.15) is 0 Å². The molecule has 1 aliphatic carbocycles. The third-order valence-corrected chi connectivity index (χ3v) is 5.87. The molecule has 1 aromatic rings. The summed E-state index contributed by atoms with van der Waals surface area (Å²) in [6.07, 6.45) is 5.72. The first kappa shape index (κ1) is 20.5. The van der Waals surface area contributed by atoms with Gasteiger partial charge >= 0.3 is 5.97 Å². The molecule has 2 heterocycles. The maximum Gasteiger partial charge on any atom is 0.303 e. The number of hydrogen-bond donors (Lipinski definition) is 3. The third kappa shape index (κ3) is 4.53. The van der Waals surface area contributed by atoms with Crippen LogP contribution in [0, 0.1) is 12.8 Å². The standard InChI is InChI=1S/C22H28N4O4/c1-13-10-16-17(12-15(13)11-14-7-8-14)26(9-5-3-2-4-6-18(27)28)20-19(23-16)21(29)25-22(30)24-20/h10,12,14,22,30H,2-9,11H2,1H3,(H,25,29)(H,27,28). The normalized spacial score (nSPS) is 20.1. The highest BCUT2D eigenvalue weighted by Crippen LogP contribution is 2.40. The average molecular weight is 412 g/mol. The molecule has 30 heavy (non-hydrogen) atoms. The molecule has 1 atom stereocenters. The van der Waals surface area contributed by atoms with Gasteiger partial charge in [0.05, 0.1) is 11.4 Å². The van der Waals surface area contributed by atoms with Gasteiger partial charge in [0, 0.05) is 13.0 Å². The molecule has 0 saturated heterocycles. The Balaban J connectivity index is 1.58. The summed E-state index contributed by atoms with van der Waals surface area (Å²) in [5, 5.41) is 21.1. The first-order valence-electron chi connectivity index (χ1n) is 10.7. The summed E-state index contributed by atoms with van der Waals surface area (Å²) in [5.74, 6) is -0.0301. The Kier molecular flexibility index (Phi) is 5.85. The number of fused-ring (bicyclic) bond motifs is 2. The van der Waals surface area contributed by atoms with E-state index in [2.05, 4.69) is 28.3 Å². The number of nitrogens with one attached hydrogen (secondary N) is 1. The van der Waals surface area contributed by atoms with Gasteiger partial charge in [-0.15, -0.1) is 0 Å². The Bertz CT molecular complexity index is 920. The van der Waals surface area contributed by atoms with Crippen molar-refractivity contribution in [2.75, 3.05) is 11.4 Å². The first-order valence-corrected chi connectivity index (χ1v) is 10.7. The molecule has 4 rings (SSSR count). The zero-order valence-electron chi connectivity index (χ0n) is 17.2. The molecule has 1 amide bonds. The van der Waals surface area contributed by atoms with Crippen molar-refractivity contribution in [3.63, 3.8) is 0 Å². The predicted octanol–water partition coefficient (Wildman–Crippen LogP) is 2.68. The van der Waals surface area contributed by atoms with E-state index < -0.39 is 18.2 Å². The van der Waals surface area contributed by atoms with Crippen molar-refractivity contribution >= 4 is 34.8 Å². The molecule has 3 N–H and O–H groups in total. The molecule has 1 saturated carbocycles. The molecule has 3 aliphatic rings. The van der Waals surface area contributed by atoms with Gasteiger partial charge in [0.2, 0.25) is 6.35 Å². The van der Waals surface area contributed by atoms with Gasteiger partial charge in [0.15, 0.2) is 11.5 Å². The van der Waals surface area contributed by atoms with Crippen LogP contribution in [-0.2, 0) is 16.0 Å². The first-order chi connectivity index (χ1) is 14.4. The van der Waals surface area contributed by atoms with Crippen LogP contribution >= 0.6 is 0 Å². The number of amides is 1. The Morgan fingerprint density at radius 1 is 1.23 bits per heavy atom. The topological polar surface area (TPSA) is 115 Å². The summed E-state index contributed by atoms with van der Waals surface area (Å²) in [7, 11) is 0. The number of nitrogens with zero attached hydrogens (tertiary/aromatic N) is 3. The minimum Gasteiger partial charge on any atom is -0.481 e. The number of aliphatic carboxylic acids is 1. The fourth-order valence-corrected chi connectivity index (χ4v) is 4.04. The molecule has 0 aromatic heterocycles. The van der Waals surface area contributed by atoms with Crippen LogP contribution in [0.2, 0.25) is 0 Å². The van der Waals surface area contributed by atoms with Crippen LogP contribution in [0.1, 0.15) is 56.1 Å². The van der Waals surface area contributed by atoms with Crippen molar-refractivity contribution < 1.29 is 19.8 Å². The summed E-state index contributed by atoms with van der Waals surface area (Å²) in [5.41, 5.74) is 4.37. The molecular formula is C22H28N4O4. The summed E-state index contributed by atoms with van der Waals surface area (Å²) in [6, 6.07) is 4.20. The fourth-order valence-electron chi connectivity index (χ4n) is 4.04. The number of rotatable bonds is 9. The minimum absolute atomic E-state index is 0.187. The Morgan fingerprint density at radius 2 is 2.00 bits per heavy atom. The van der Waals surface area contributed by atoms with Gasteiger partial charge in [0.25, 0.3) is 5.91 Å². The SMILES string of the molecule is Cc1cc2c(cc1CC1CC1)N(CCCCCCC(=O)O)C1=NC(O)NC(=O)C1=N2. The van der Waals surface area contributed by atoms with Crippen LogP contribution in [0.4, 0.5) is 11.4 Å². The molecular weight excluding hydrogens is 384 g/mol. The number of carboxylic acid groups (broad SMARTS) is 1. The van der Waals surface area contributed by atoms with E-state index in [9.17, 15) is 14.7 Å². The predicted molar refractivity (Wildman–Crippen MR) is 114 cm³/mol. The molecule has 0 spiro atoms. The van der Waals surface area contributed by atoms with Crippen LogP contribution in [0.15, 0.2) is 22.1 Å². The molecule has 0 radical (unpaired) electrons. The van der Waals surface area contributed by atoms with Crippen LogP contribution in [-0.4, -0.2) is 46.5 Å². The molecule has 1 unspecified atom stereocenters. The van der Waals surface area contributed by atoms with E-state index in [0.29, 0.717) is 18.8 Å². The lowest BCUT2D eigenvalue weighted by molar-refractivity contribution is -0.137. The third-order valence-electron chi connectivity index (χ3n) is 5.87. The molecule has 1 aromatic carbocycles. The highest BCUT2D eigenvalue weighted by atomic mass is 16.4. The van der Waals surface area contributed by atoms with Crippen LogP contribution < -0.4 is 10.2 Å². The molecule has 8 heteroatoms. The summed E-state index contributed by atoms with van der Waals surface area (Å²) < 4.78 is 0. The molecule has 2 aliphatic heterocycles. The smallest absolute Gasteiger partial charge is 0.303 e. The molecule has 1 fully saturated rings. The highest BCUT2D eigenvalue weighted by molar-refractivity contribution is 6.70. The second kappa shape index (κ2) is 8.55. The van der Waals surface area contributed by atoms with Gasteiger partial charge in [-0.3, -0.25) is 9.59 Å². The number of benzene rings is 1. The van der Waals surface area contributed by atoms with Crippen molar-refractivity contribution in [3.8, 4) is 0 Å². The van der Waals surface area contributed by atoms with E-state index in [-0.39, 0.29) is 12.1 Å². The number of aliphatic imine (C=N–C) groups is 2. The molecule has 0 bridgehead atoms. The van der Waals surface area contributed by atoms with E-state index in [1.807, 2.05) is 11.0 Å². The van der Waals surface area contributed by atoms with Crippen LogP contribution in [0.25, 0.3) is 0 Å². The van der Waals surface area contributed by atoms with Gasteiger partial charge < -0.3 is 20.4 Å². The molecule has 160 valence electrons. The van der Waals surface area contributed by atoms with Crippen molar-refractivity contribution in [1.82, 2.24) is 5.32 Å². The average Bonchev–Trinajstić information content (AvgIpc) is 3.49. The number of carboxylic acids is 1. The lowest BCUT2D eigenvalue weighted by Gasteiger charge is -2.34. The van der Waals surface area contributed by atoms with Crippen LogP contribution in [0.3, 0.4) is 0 Å². The summed E-state index contributed by atoms with van der Waals surface area (Å²) in [6.45, 7) is 2.71. The van der Waals surface area contributed by atoms with Crippen molar-refractivity contribution in [2.45, 2.75) is 64.6 Å². The zero-order valence-corrected chi connectivity index (χ0v) is 17.2. The number of unbranched alkanes of at least 4 members (excludes halogenated alkanes) is 3. The number of aliphatic hydroxyl groups excluding tert-OH is 1. The number of aliphatic hydroxyl groups is 1. The zero-order chi connectivity index (χ0) is 21.3. The lowest BCUT2D eigenvalue weighted by Crippen LogP contribution is -2.53. The van der Waals surface area contributed by atoms with E-state index in [1.54, 1.807) is 0 Å². The van der Waals surface area contributed by atoms with Crippen molar-refractivity contribution in [1.29, 1.82) is 0 Å². The number of aryl methyl sites for hydroxylation is 1. The van der Waals surface area contributed by atoms with Crippen LogP contribution in [0.5, 0.6) is 0 Å². The van der Waals surface area contributed by atoms with E-state index >= 15 is 0 Å². The van der Waals surface area contributed by atoms with E-state index in [4.69, 9.17) is 5.11 Å². The van der Waals surface area contributed by atoms with E-state index in [1.165, 1.54) is 24.0 Å². The Hall–Kier alpha value is -2.74. The van der Waals surface area contributed by atoms with E-state index in [0.717, 1.165) is 43.0 Å². The number of carbonyl (C=O) groups is 2. The summed E-state index contributed by atoms with van der Waals surface area (Å²) >= 11 is 0. The maximum absolute atomic E-state index is 12.4. The quantitative estimate of drug-likeness (QED) is 0.540. The Labute approximate surface area is 175 Å². The second-order valence-electron chi connectivity index (χ2n) is 8.38. The number of amidine groups is 1. The fraction of sp³-hybridized carbons (Fsp3) is 0.545. The van der Waals surface area contributed by atoms with Gasteiger partial charge in [-0.05, 0) is 68.2 Å². The maximum atomic E-state index is 12.4. The van der Waals surface area contributed by atoms with Gasteiger partial charge in [-0.2, -0.15) is 0 Å². The van der Waals surface area contributed by atoms with Crippen molar-refractivity contribution in [2.24, 2.45) is 15.9 Å². The Morgan fingerprint density at radius 3 is 2.73 bits per heavy atom. The largest absolute Gasteiger partial charge is 0.481 e. The van der Waals surface area contributed by atoms with Gasteiger partial charge in [-0.25, -0.2) is 9.98 Å². The highest BCUT2D eigenvalue weighted by Gasteiger charge is 2.35. The van der Waals surface area contributed by atoms with Crippen molar-refractivity contribution in [3.05, 3.63) is 23.3 Å². The number of carbonyl (C=O) groups excluding carboxylic acids is 1. The van der Waals surface area contributed by atoms with Gasteiger partial charge in [-0.1, -0.05) is 12.8 Å². The summed E-state index contributed by atoms with van der Waals surface area (Å²) in [4.78, 5) is 33.9. The number of hydrogen-bond acceptors (Lipinski definition) is 6.